The van der Waals surface area contributed by atoms with E-state index in [1.54, 1.807) is 6.07 Å². The molecule has 1 rings (SSSR count). The maximum atomic E-state index is 9.68. The van der Waals surface area contributed by atoms with Crippen LogP contribution in [-0.4, -0.2) is 30.2 Å². The fourth-order valence-corrected chi connectivity index (χ4v) is 2.10. The van der Waals surface area contributed by atoms with E-state index in [1.165, 1.54) is 20.0 Å². The van der Waals surface area contributed by atoms with Gasteiger partial charge >= 0.3 is 0 Å². The van der Waals surface area contributed by atoms with Crippen molar-refractivity contribution in [3.05, 3.63) is 22.7 Å². The van der Waals surface area contributed by atoms with Crippen LogP contribution in [0.3, 0.4) is 0 Å². The quantitative estimate of drug-likeness (QED) is 0.821. The van der Waals surface area contributed by atoms with Crippen molar-refractivity contribution in [1.82, 2.24) is 4.90 Å². The van der Waals surface area contributed by atoms with Crippen molar-refractivity contribution in [3.8, 4) is 11.5 Å². The lowest BCUT2D eigenvalue weighted by Gasteiger charge is -2.20. The molecule has 0 unspecified atom stereocenters. The number of phenolic OH excluding ortho intramolecular Hbond substituents is 1. The largest absolute Gasteiger partial charge is 0.503 e. The Balaban J connectivity index is 2.79. The van der Waals surface area contributed by atoms with Gasteiger partial charge in [0.15, 0.2) is 11.5 Å². The molecule has 3 nitrogen and oxygen atoms in total. The van der Waals surface area contributed by atoms with Gasteiger partial charge in [0.1, 0.15) is 0 Å². The second kappa shape index (κ2) is 7.49. The Kier molecular flexibility index (Phi) is 6.30. The molecule has 1 aromatic carbocycles. The second-order valence-corrected chi connectivity index (χ2v) is 4.76. The Morgan fingerprint density at radius 3 is 2.61 bits per heavy atom. The number of hydrogen-bond acceptors (Lipinski definition) is 3. The minimum atomic E-state index is 0.0134. The molecular weight excluding hydrogens is 250 g/mol. The molecule has 1 aromatic rings. The van der Waals surface area contributed by atoms with Crippen molar-refractivity contribution in [2.75, 3.05) is 20.2 Å². The van der Waals surface area contributed by atoms with Crippen LogP contribution in [0.2, 0.25) is 5.02 Å². The van der Waals surface area contributed by atoms with E-state index in [0.29, 0.717) is 10.8 Å². The highest BCUT2D eigenvalue weighted by atomic mass is 35.5. The Morgan fingerprint density at radius 1 is 1.33 bits per heavy atom. The van der Waals surface area contributed by atoms with Gasteiger partial charge in [0.2, 0.25) is 0 Å². The van der Waals surface area contributed by atoms with Crippen LogP contribution in [0.4, 0.5) is 0 Å². The molecule has 0 spiro atoms. The van der Waals surface area contributed by atoms with Gasteiger partial charge in [-0.3, -0.25) is 4.90 Å². The van der Waals surface area contributed by atoms with E-state index in [0.717, 1.165) is 25.2 Å². The maximum Gasteiger partial charge on any atom is 0.176 e. The maximum absolute atomic E-state index is 9.68. The van der Waals surface area contributed by atoms with Gasteiger partial charge in [0, 0.05) is 6.54 Å². The molecule has 102 valence electrons. The van der Waals surface area contributed by atoms with Crippen molar-refractivity contribution < 1.29 is 9.84 Å². The number of aromatic hydroxyl groups is 1. The minimum absolute atomic E-state index is 0.0134. The lowest BCUT2D eigenvalue weighted by molar-refractivity contribution is 0.274. The summed E-state index contributed by atoms with van der Waals surface area (Å²) in [5, 5.41) is 10.0. The molecule has 0 bridgehead atoms. The van der Waals surface area contributed by atoms with E-state index in [-0.39, 0.29) is 5.75 Å². The number of hydrogen-bond donors (Lipinski definition) is 1. The number of ether oxygens (including phenoxy) is 1. The molecule has 0 atom stereocenters. The third-order valence-corrected chi connectivity index (χ3v) is 3.28. The van der Waals surface area contributed by atoms with E-state index in [9.17, 15) is 5.11 Å². The summed E-state index contributed by atoms with van der Waals surface area (Å²) in [4.78, 5) is 2.35. The molecule has 0 aliphatic rings. The number of unbranched alkanes of at least 4 members (excludes halogenated alkanes) is 1. The molecule has 0 saturated heterocycles. The second-order valence-electron chi connectivity index (χ2n) is 4.35. The van der Waals surface area contributed by atoms with Gasteiger partial charge in [-0.15, -0.1) is 0 Å². The third-order valence-electron chi connectivity index (χ3n) is 2.99. The van der Waals surface area contributed by atoms with Crippen LogP contribution in [0.5, 0.6) is 11.5 Å². The van der Waals surface area contributed by atoms with Gasteiger partial charge in [-0.2, -0.15) is 0 Å². The standard InChI is InChI=1S/C14H22ClNO2/c1-4-6-7-16(5-2)10-11-8-12(15)14(17)13(9-11)18-3/h8-9,17H,4-7,10H2,1-3H3. The van der Waals surface area contributed by atoms with Crippen molar-refractivity contribution >= 4 is 11.6 Å². The monoisotopic (exact) mass is 271 g/mol. The van der Waals surface area contributed by atoms with Gasteiger partial charge in [-0.25, -0.2) is 0 Å². The summed E-state index contributed by atoms with van der Waals surface area (Å²) in [7, 11) is 1.53. The summed E-state index contributed by atoms with van der Waals surface area (Å²) < 4.78 is 5.11. The zero-order valence-electron chi connectivity index (χ0n) is 11.4. The molecule has 1 N–H and O–H groups in total. The van der Waals surface area contributed by atoms with E-state index in [1.807, 2.05) is 6.07 Å². The number of methoxy groups -OCH3 is 1. The van der Waals surface area contributed by atoms with Gasteiger partial charge in [-0.1, -0.05) is 31.9 Å². The van der Waals surface area contributed by atoms with Crippen molar-refractivity contribution in [1.29, 1.82) is 0 Å². The van der Waals surface area contributed by atoms with Crippen molar-refractivity contribution in [3.63, 3.8) is 0 Å². The topological polar surface area (TPSA) is 32.7 Å². The first kappa shape index (κ1) is 15.1. The van der Waals surface area contributed by atoms with Gasteiger partial charge < -0.3 is 9.84 Å². The van der Waals surface area contributed by atoms with Crippen molar-refractivity contribution in [2.45, 2.75) is 33.2 Å². The first-order chi connectivity index (χ1) is 8.62. The summed E-state index contributed by atoms with van der Waals surface area (Å²) >= 11 is 5.98. The third kappa shape index (κ3) is 4.07. The number of rotatable bonds is 7. The average Bonchev–Trinajstić information content (AvgIpc) is 2.38. The lowest BCUT2D eigenvalue weighted by atomic mass is 10.1. The summed E-state index contributed by atoms with van der Waals surface area (Å²) in [5.74, 6) is 0.448. The minimum Gasteiger partial charge on any atom is -0.503 e. The zero-order chi connectivity index (χ0) is 13.5. The molecule has 0 aromatic heterocycles. The highest BCUT2D eigenvalue weighted by Crippen LogP contribution is 2.35. The highest BCUT2D eigenvalue weighted by molar-refractivity contribution is 6.32. The summed E-state index contributed by atoms with van der Waals surface area (Å²) in [6.45, 7) is 7.24. The Labute approximate surface area is 114 Å². The van der Waals surface area contributed by atoms with Crippen LogP contribution >= 0.6 is 11.6 Å². The molecular formula is C14H22ClNO2. The van der Waals surface area contributed by atoms with E-state index < -0.39 is 0 Å². The molecule has 0 amide bonds. The molecule has 0 radical (unpaired) electrons. The molecule has 4 heteroatoms. The molecule has 0 aliphatic heterocycles. The fraction of sp³-hybridized carbons (Fsp3) is 0.571. The van der Waals surface area contributed by atoms with Gasteiger partial charge in [0.25, 0.3) is 0 Å². The molecule has 0 saturated carbocycles. The van der Waals surface area contributed by atoms with E-state index >= 15 is 0 Å². The predicted octanol–water partition coefficient (Wildman–Crippen LogP) is 3.68. The smallest absolute Gasteiger partial charge is 0.176 e. The summed E-state index contributed by atoms with van der Waals surface area (Å²) in [5.41, 5.74) is 1.06. The summed E-state index contributed by atoms with van der Waals surface area (Å²) in [6.07, 6.45) is 2.38. The predicted molar refractivity (Wildman–Crippen MR) is 75.5 cm³/mol. The highest BCUT2D eigenvalue weighted by Gasteiger charge is 2.11. The van der Waals surface area contributed by atoms with E-state index in [4.69, 9.17) is 16.3 Å². The van der Waals surface area contributed by atoms with Gasteiger partial charge in [0.05, 0.1) is 12.1 Å². The first-order valence-electron chi connectivity index (χ1n) is 6.40. The lowest BCUT2D eigenvalue weighted by Crippen LogP contribution is -2.23. The first-order valence-corrected chi connectivity index (χ1v) is 6.77. The number of phenols is 1. The number of nitrogens with zero attached hydrogens (tertiary/aromatic N) is 1. The van der Waals surface area contributed by atoms with E-state index in [2.05, 4.69) is 18.7 Å². The zero-order valence-corrected chi connectivity index (χ0v) is 12.1. The van der Waals surface area contributed by atoms with Crippen LogP contribution in [0.15, 0.2) is 12.1 Å². The fourth-order valence-electron chi connectivity index (χ4n) is 1.86. The van der Waals surface area contributed by atoms with Gasteiger partial charge in [-0.05, 0) is 37.2 Å². The van der Waals surface area contributed by atoms with Crippen molar-refractivity contribution in [2.24, 2.45) is 0 Å². The molecule has 0 aliphatic carbocycles. The van der Waals surface area contributed by atoms with Crippen LogP contribution in [0, 0.1) is 0 Å². The Bertz CT molecular complexity index is 382. The molecule has 0 heterocycles. The number of halogens is 1. The van der Waals surface area contributed by atoms with Crippen LogP contribution in [0.25, 0.3) is 0 Å². The van der Waals surface area contributed by atoms with Crippen LogP contribution in [0.1, 0.15) is 32.3 Å². The normalized spacial score (nSPS) is 10.9. The summed E-state index contributed by atoms with van der Waals surface area (Å²) in [6, 6.07) is 3.64. The molecule has 18 heavy (non-hydrogen) atoms. The molecule has 0 fully saturated rings. The average molecular weight is 272 g/mol. The Hall–Kier alpha value is -0.930. The van der Waals surface area contributed by atoms with Crippen LogP contribution < -0.4 is 4.74 Å². The number of benzene rings is 1. The Morgan fingerprint density at radius 2 is 2.06 bits per heavy atom. The SMILES string of the molecule is CCCCN(CC)Cc1cc(Cl)c(O)c(OC)c1. The van der Waals surface area contributed by atoms with Crippen LogP contribution in [-0.2, 0) is 6.54 Å².